The van der Waals surface area contributed by atoms with Gasteiger partial charge in [0.25, 0.3) is 0 Å². The van der Waals surface area contributed by atoms with E-state index in [-0.39, 0.29) is 0 Å². The van der Waals surface area contributed by atoms with Gasteiger partial charge in [0, 0.05) is 0 Å². The Morgan fingerprint density at radius 2 is 2.33 bits per heavy atom. The van der Waals surface area contributed by atoms with Gasteiger partial charge in [-0.05, 0) is 30.2 Å². The van der Waals surface area contributed by atoms with E-state index in [1.54, 1.807) is 6.08 Å². The van der Waals surface area contributed by atoms with Gasteiger partial charge in [-0.1, -0.05) is 12.2 Å². The molecule has 0 atom stereocenters. The van der Waals surface area contributed by atoms with Crippen LogP contribution in [0.25, 0.3) is 0 Å². The molecule has 0 N–H and O–H groups in total. The standard InChI is InChI=1S/C5H6S/c1-2-3-4-5-6/h2-4H,1H3. The molecule has 0 fully saturated rings. The molecule has 0 aliphatic rings. The molecule has 0 aromatic carbocycles. The minimum Gasteiger partial charge on any atom is -0.0870 e. The fourth-order valence-corrected chi connectivity index (χ4v) is 0.214. The minimum absolute atomic E-state index is 1.69. The first-order valence-electron chi connectivity index (χ1n) is 1.74. The molecule has 0 aromatic rings. The molecule has 0 bridgehead atoms. The van der Waals surface area contributed by atoms with E-state index in [0.29, 0.717) is 0 Å². The maximum Gasteiger partial charge on any atom is -0.00870 e. The van der Waals surface area contributed by atoms with Gasteiger partial charge in [0.2, 0.25) is 0 Å². The summed E-state index contributed by atoms with van der Waals surface area (Å²) in [7, 11) is 0. The van der Waals surface area contributed by atoms with Crippen molar-refractivity contribution >= 4 is 17.2 Å². The van der Waals surface area contributed by atoms with E-state index in [4.69, 9.17) is 0 Å². The van der Waals surface area contributed by atoms with Gasteiger partial charge in [-0.3, -0.25) is 0 Å². The van der Waals surface area contributed by atoms with Crippen LogP contribution in [0.4, 0.5) is 0 Å². The van der Waals surface area contributed by atoms with E-state index < -0.39 is 0 Å². The number of hydrogen-bond acceptors (Lipinski definition) is 1. The lowest BCUT2D eigenvalue weighted by Gasteiger charge is -1.56. The monoisotopic (exact) mass is 98.0 g/mol. The molecule has 0 nitrogen and oxygen atoms in total. The Balaban J connectivity index is 3.33. The van der Waals surface area contributed by atoms with E-state index in [2.05, 4.69) is 17.2 Å². The number of allylic oxidation sites excluding steroid dienone is 3. The molecule has 0 saturated heterocycles. The van der Waals surface area contributed by atoms with Crippen LogP contribution in [0.2, 0.25) is 0 Å². The van der Waals surface area contributed by atoms with E-state index in [1.807, 2.05) is 19.1 Å². The van der Waals surface area contributed by atoms with Gasteiger partial charge in [-0.2, -0.15) is 0 Å². The lowest BCUT2D eigenvalue weighted by Crippen LogP contribution is -1.40. The van der Waals surface area contributed by atoms with Crippen LogP contribution in [-0.4, -0.2) is 5.02 Å². The van der Waals surface area contributed by atoms with Crippen molar-refractivity contribution < 1.29 is 0 Å². The quantitative estimate of drug-likeness (QED) is 0.355. The molecule has 0 spiro atoms. The van der Waals surface area contributed by atoms with E-state index in [0.717, 1.165) is 0 Å². The summed E-state index contributed by atoms with van der Waals surface area (Å²) in [6, 6.07) is 0. The second-order valence-corrected chi connectivity index (χ2v) is 1.05. The Morgan fingerprint density at radius 1 is 1.67 bits per heavy atom. The predicted octanol–water partition coefficient (Wildman–Crippen LogP) is 1.72. The molecule has 0 unspecified atom stereocenters. The predicted molar refractivity (Wildman–Crippen MR) is 32.0 cm³/mol. The lowest BCUT2D eigenvalue weighted by molar-refractivity contribution is 1.75. The van der Waals surface area contributed by atoms with Crippen molar-refractivity contribution in [3.05, 3.63) is 18.2 Å². The highest BCUT2D eigenvalue weighted by Gasteiger charge is 1.47. The zero-order chi connectivity index (χ0) is 4.83. The summed E-state index contributed by atoms with van der Waals surface area (Å²) in [5.41, 5.74) is 0. The lowest BCUT2D eigenvalue weighted by atomic mass is 10.5. The third kappa shape index (κ3) is 3.61. The van der Waals surface area contributed by atoms with Crippen LogP contribution >= 0.6 is 12.2 Å². The van der Waals surface area contributed by atoms with Crippen LogP contribution in [0.5, 0.6) is 0 Å². The fourth-order valence-electron chi connectivity index (χ4n) is 0.136. The average Bonchev–Trinajstić information content (AvgIpc) is 1.61. The smallest absolute Gasteiger partial charge is 0.00870 e. The van der Waals surface area contributed by atoms with Crippen molar-refractivity contribution in [2.45, 2.75) is 6.92 Å². The van der Waals surface area contributed by atoms with Crippen molar-refractivity contribution in [2.24, 2.45) is 0 Å². The van der Waals surface area contributed by atoms with E-state index in [9.17, 15) is 0 Å². The van der Waals surface area contributed by atoms with Crippen LogP contribution in [0.1, 0.15) is 6.92 Å². The van der Waals surface area contributed by atoms with E-state index in [1.165, 1.54) is 0 Å². The SMILES string of the molecule is CC=CC=C=S. The number of hydrogen-bond donors (Lipinski definition) is 0. The van der Waals surface area contributed by atoms with Crippen LogP contribution in [0.15, 0.2) is 18.2 Å². The summed E-state index contributed by atoms with van der Waals surface area (Å²) < 4.78 is 0. The largest absolute Gasteiger partial charge is 0.0870 e. The summed E-state index contributed by atoms with van der Waals surface area (Å²) in [6.07, 6.45) is 5.43. The van der Waals surface area contributed by atoms with Crippen LogP contribution in [-0.2, 0) is 0 Å². The zero-order valence-electron chi connectivity index (χ0n) is 3.64. The first-order valence-corrected chi connectivity index (χ1v) is 2.15. The van der Waals surface area contributed by atoms with Crippen LogP contribution in [0, 0.1) is 0 Å². The van der Waals surface area contributed by atoms with Gasteiger partial charge in [0.15, 0.2) is 0 Å². The molecule has 32 valence electrons. The third-order valence-corrected chi connectivity index (χ3v) is 0.493. The Labute approximate surface area is 43.2 Å². The maximum absolute atomic E-state index is 4.36. The first-order chi connectivity index (χ1) is 2.91. The van der Waals surface area contributed by atoms with Gasteiger partial charge in [0.05, 0.1) is 0 Å². The number of rotatable bonds is 1. The zero-order valence-corrected chi connectivity index (χ0v) is 4.46. The fraction of sp³-hybridized carbons (Fsp3) is 0.200. The molecule has 0 heterocycles. The summed E-state index contributed by atoms with van der Waals surface area (Å²) in [5.74, 6) is 0. The second-order valence-electron chi connectivity index (χ2n) is 0.810. The highest BCUT2D eigenvalue weighted by Crippen LogP contribution is 1.65. The Morgan fingerprint density at radius 3 is 2.50 bits per heavy atom. The molecular weight excluding hydrogens is 92.1 g/mol. The molecule has 1 heteroatoms. The Hall–Kier alpha value is -0.390. The summed E-state index contributed by atoms with van der Waals surface area (Å²) >= 11 is 4.36. The second kappa shape index (κ2) is 4.61. The topological polar surface area (TPSA) is 0 Å². The van der Waals surface area contributed by atoms with Crippen molar-refractivity contribution in [1.29, 1.82) is 0 Å². The average molecular weight is 98.2 g/mol. The molecule has 0 aliphatic carbocycles. The first kappa shape index (κ1) is 5.61. The highest BCUT2D eigenvalue weighted by atomic mass is 32.1. The van der Waals surface area contributed by atoms with Crippen molar-refractivity contribution in [2.75, 3.05) is 0 Å². The maximum atomic E-state index is 4.36. The van der Waals surface area contributed by atoms with Crippen molar-refractivity contribution in [3.63, 3.8) is 0 Å². The molecule has 0 rings (SSSR count). The summed E-state index contributed by atoms with van der Waals surface area (Å²) in [6.45, 7) is 1.93. The molecule has 0 aromatic heterocycles. The van der Waals surface area contributed by atoms with Gasteiger partial charge in [-0.25, -0.2) is 0 Å². The summed E-state index contributed by atoms with van der Waals surface area (Å²) in [4.78, 5) is 0. The number of thiocarbonyl (C=S) groups is 1. The van der Waals surface area contributed by atoms with Gasteiger partial charge >= 0.3 is 0 Å². The summed E-state index contributed by atoms with van der Waals surface area (Å²) in [5, 5.41) is 2.44. The third-order valence-electron chi connectivity index (χ3n) is 0.357. The van der Waals surface area contributed by atoms with Crippen LogP contribution < -0.4 is 0 Å². The molecule has 0 saturated carbocycles. The van der Waals surface area contributed by atoms with Gasteiger partial charge < -0.3 is 0 Å². The van der Waals surface area contributed by atoms with Gasteiger partial charge in [0.1, 0.15) is 0 Å². The van der Waals surface area contributed by atoms with Crippen molar-refractivity contribution in [1.82, 2.24) is 0 Å². The Kier molecular flexibility index (Phi) is 4.31. The minimum atomic E-state index is 1.69. The van der Waals surface area contributed by atoms with E-state index >= 15 is 0 Å². The van der Waals surface area contributed by atoms with Gasteiger partial charge in [-0.15, -0.1) is 0 Å². The molecule has 0 aliphatic heterocycles. The van der Waals surface area contributed by atoms with Crippen LogP contribution in [0.3, 0.4) is 0 Å². The molecule has 6 heavy (non-hydrogen) atoms. The van der Waals surface area contributed by atoms with Crippen molar-refractivity contribution in [3.8, 4) is 0 Å². The molecule has 0 amide bonds. The normalized spacial score (nSPS) is 8.17. The molecule has 0 radical (unpaired) electrons. The highest BCUT2D eigenvalue weighted by molar-refractivity contribution is 7.78. The Bertz CT molecular complexity index is 86.1. The molecular formula is C5H6S.